The van der Waals surface area contributed by atoms with Crippen molar-refractivity contribution in [1.29, 1.82) is 0 Å². The molecule has 0 aliphatic carbocycles. The largest absolute Gasteiger partial charge is 0.504 e. The van der Waals surface area contributed by atoms with Gasteiger partial charge in [-0.25, -0.2) is 0 Å². The summed E-state index contributed by atoms with van der Waals surface area (Å²) in [7, 11) is 0. The van der Waals surface area contributed by atoms with Crippen LogP contribution in [0.25, 0.3) is 0 Å². The smallest absolute Gasteiger partial charge is 0.274 e. The van der Waals surface area contributed by atoms with Gasteiger partial charge in [0, 0.05) is 11.2 Å². The number of aromatic hydroxyl groups is 1. The van der Waals surface area contributed by atoms with E-state index in [0.29, 0.717) is 10.6 Å². The number of rotatable bonds is 2. The molecular formula is C13H10Cl2N2O2. The zero-order valence-electron chi connectivity index (χ0n) is 9.95. The molecule has 4 nitrogen and oxygen atoms in total. The van der Waals surface area contributed by atoms with Crippen LogP contribution in [0.2, 0.25) is 10.0 Å². The van der Waals surface area contributed by atoms with Crippen LogP contribution in [0, 0.1) is 6.92 Å². The summed E-state index contributed by atoms with van der Waals surface area (Å²) in [6.07, 6.45) is 1.50. The monoisotopic (exact) mass is 296 g/mol. The molecule has 0 aliphatic rings. The summed E-state index contributed by atoms with van der Waals surface area (Å²) in [5.74, 6) is -0.667. The maximum Gasteiger partial charge on any atom is 0.274 e. The Morgan fingerprint density at radius 3 is 2.74 bits per heavy atom. The number of amides is 1. The number of anilines is 1. The molecule has 0 atom stereocenters. The zero-order chi connectivity index (χ0) is 14.0. The Morgan fingerprint density at radius 1 is 1.37 bits per heavy atom. The molecule has 0 unspecified atom stereocenters. The van der Waals surface area contributed by atoms with Gasteiger partial charge in [-0.15, -0.1) is 0 Å². The van der Waals surface area contributed by atoms with Crippen molar-refractivity contribution in [3.05, 3.63) is 51.8 Å². The average molecular weight is 297 g/mol. The molecule has 0 saturated carbocycles. The molecule has 1 aromatic carbocycles. The summed E-state index contributed by atoms with van der Waals surface area (Å²) in [4.78, 5) is 15.8. The molecule has 19 heavy (non-hydrogen) atoms. The molecule has 0 aliphatic heterocycles. The van der Waals surface area contributed by atoms with Crippen LogP contribution < -0.4 is 5.32 Å². The highest BCUT2D eigenvalue weighted by Gasteiger charge is 2.15. The van der Waals surface area contributed by atoms with Gasteiger partial charge >= 0.3 is 0 Å². The third-order valence-corrected chi connectivity index (χ3v) is 3.42. The normalized spacial score (nSPS) is 10.3. The molecule has 98 valence electrons. The number of halogens is 2. The zero-order valence-corrected chi connectivity index (χ0v) is 11.5. The van der Waals surface area contributed by atoms with E-state index < -0.39 is 5.91 Å². The molecule has 0 radical (unpaired) electrons. The van der Waals surface area contributed by atoms with E-state index in [1.807, 2.05) is 0 Å². The second-order valence-electron chi connectivity index (χ2n) is 3.86. The van der Waals surface area contributed by atoms with Gasteiger partial charge in [0.1, 0.15) is 5.69 Å². The molecule has 0 saturated heterocycles. The number of aromatic nitrogens is 1. The van der Waals surface area contributed by atoms with Crippen molar-refractivity contribution in [2.24, 2.45) is 0 Å². The molecule has 2 rings (SSSR count). The summed E-state index contributed by atoms with van der Waals surface area (Å²) < 4.78 is 0. The highest BCUT2D eigenvalue weighted by molar-refractivity contribution is 6.37. The van der Waals surface area contributed by atoms with Crippen LogP contribution in [0.1, 0.15) is 16.1 Å². The lowest BCUT2D eigenvalue weighted by molar-refractivity contribution is 0.102. The van der Waals surface area contributed by atoms with Crippen molar-refractivity contribution in [2.75, 3.05) is 5.32 Å². The van der Waals surface area contributed by atoms with Crippen LogP contribution in [0.4, 0.5) is 5.69 Å². The highest BCUT2D eigenvalue weighted by atomic mass is 35.5. The van der Waals surface area contributed by atoms with Gasteiger partial charge < -0.3 is 10.4 Å². The number of phenols is 1. The van der Waals surface area contributed by atoms with Crippen molar-refractivity contribution in [3.8, 4) is 5.75 Å². The molecule has 2 N–H and O–H groups in total. The predicted molar refractivity (Wildman–Crippen MR) is 75.1 cm³/mol. The minimum Gasteiger partial charge on any atom is -0.504 e. The number of carbonyl (C=O) groups is 1. The molecule has 1 heterocycles. The van der Waals surface area contributed by atoms with E-state index >= 15 is 0 Å². The van der Waals surface area contributed by atoms with Gasteiger partial charge in [0.2, 0.25) is 0 Å². The maximum atomic E-state index is 11.9. The Bertz CT molecular complexity index is 630. The van der Waals surface area contributed by atoms with E-state index in [2.05, 4.69) is 10.3 Å². The number of hydrogen-bond donors (Lipinski definition) is 2. The van der Waals surface area contributed by atoms with Crippen molar-refractivity contribution in [1.82, 2.24) is 4.98 Å². The van der Waals surface area contributed by atoms with Crippen LogP contribution >= 0.6 is 23.2 Å². The van der Waals surface area contributed by atoms with Gasteiger partial charge in [-0.2, -0.15) is 0 Å². The second kappa shape index (κ2) is 5.47. The lowest BCUT2D eigenvalue weighted by Gasteiger charge is -2.11. The fourth-order valence-corrected chi connectivity index (χ4v) is 1.94. The lowest BCUT2D eigenvalue weighted by Crippen LogP contribution is -2.13. The number of nitrogens with zero attached hydrogens (tertiary/aromatic N) is 1. The third-order valence-electron chi connectivity index (χ3n) is 2.57. The van der Waals surface area contributed by atoms with Gasteiger partial charge in [-0.3, -0.25) is 9.78 Å². The second-order valence-corrected chi connectivity index (χ2v) is 4.65. The average Bonchev–Trinajstić information content (AvgIpc) is 2.43. The number of benzene rings is 1. The van der Waals surface area contributed by atoms with Gasteiger partial charge in [-0.05, 0) is 30.7 Å². The Hall–Kier alpha value is -1.78. The minimum absolute atomic E-state index is 0.115. The molecule has 1 aromatic heterocycles. The van der Waals surface area contributed by atoms with E-state index in [-0.39, 0.29) is 22.2 Å². The number of nitrogens with one attached hydrogen (secondary N) is 1. The molecular weight excluding hydrogens is 287 g/mol. The predicted octanol–water partition coefficient (Wildman–Crippen LogP) is 3.65. The first-order valence-corrected chi connectivity index (χ1v) is 6.16. The Morgan fingerprint density at radius 2 is 2.11 bits per heavy atom. The number of pyridine rings is 1. The topological polar surface area (TPSA) is 62.2 Å². The highest BCUT2D eigenvalue weighted by Crippen LogP contribution is 2.38. The minimum atomic E-state index is -0.452. The van der Waals surface area contributed by atoms with E-state index in [9.17, 15) is 9.90 Å². The molecule has 6 heteroatoms. The van der Waals surface area contributed by atoms with Crippen LogP contribution in [0.3, 0.4) is 0 Å². The van der Waals surface area contributed by atoms with Gasteiger partial charge in [0.05, 0.1) is 10.7 Å². The first kappa shape index (κ1) is 13.6. The Labute approximate surface area is 120 Å². The van der Waals surface area contributed by atoms with E-state index in [1.165, 1.54) is 12.3 Å². The van der Waals surface area contributed by atoms with Gasteiger partial charge in [0.15, 0.2) is 5.75 Å². The van der Waals surface area contributed by atoms with E-state index in [1.54, 1.807) is 25.1 Å². The third kappa shape index (κ3) is 2.80. The quantitative estimate of drug-likeness (QED) is 0.832. The van der Waals surface area contributed by atoms with E-state index in [4.69, 9.17) is 23.2 Å². The fraction of sp³-hybridized carbons (Fsp3) is 0.0769. The molecule has 0 fully saturated rings. The first-order valence-electron chi connectivity index (χ1n) is 5.40. The number of hydrogen-bond acceptors (Lipinski definition) is 3. The number of carbonyl (C=O) groups excluding carboxylic acids is 1. The SMILES string of the molecule is Cc1c(Cl)cc(NC(=O)c2ccccn2)c(O)c1Cl. The van der Waals surface area contributed by atoms with Gasteiger partial charge in [-0.1, -0.05) is 29.3 Å². The fourth-order valence-electron chi connectivity index (χ4n) is 1.48. The van der Waals surface area contributed by atoms with Crippen molar-refractivity contribution >= 4 is 34.8 Å². The molecule has 1 amide bonds. The van der Waals surface area contributed by atoms with Crippen LogP contribution in [0.15, 0.2) is 30.5 Å². The van der Waals surface area contributed by atoms with Crippen LogP contribution in [-0.2, 0) is 0 Å². The van der Waals surface area contributed by atoms with Crippen LogP contribution in [0.5, 0.6) is 5.75 Å². The van der Waals surface area contributed by atoms with Crippen LogP contribution in [-0.4, -0.2) is 16.0 Å². The van der Waals surface area contributed by atoms with Crippen molar-refractivity contribution in [2.45, 2.75) is 6.92 Å². The Balaban J connectivity index is 2.32. The standard InChI is InChI=1S/C13H10Cl2N2O2/c1-7-8(14)6-10(12(18)11(7)15)17-13(19)9-4-2-3-5-16-9/h2-6,18H,1H3,(H,17,19). The summed E-state index contributed by atoms with van der Waals surface area (Å²) >= 11 is 11.9. The summed E-state index contributed by atoms with van der Waals surface area (Å²) in [6.45, 7) is 1.68. The Kier molecular flexibility index (Phi) is 3.93. The summed E-state index contributed by atoms with van der Waals surface area (Å²) in [6, 6.07) is 6.40. The molecule has 2 aromatic rings. The molecule has 0 bridgehead atoms. The molecule has 0 spiro atoms. The van der Waals surface area contributed by atoms with E-state index in [0.717, 1.165) is 0 Å². The van der Waals surface area contributed by atoms with Gasteiger partial charge in [0.25, 0.3) is 5.91 Å². The summed E-state index contributed by atoms with van der Waals surface area (Å²) in [5, 5.41) is 12.9. The first-order chi connectivity index (χ1) is 9.00. The van der Waals surface area contributed by atoms with Crippen molar-refractivity contribution in [3.63, 3.8) is 0 Å². The summed E-state index contributed by atoms with van der Waals surface area (Å²) in [5.41, 5.74) is 0.933. The lowest BCUT2D eigenvalue weighted by atomic mass is 10.2. The van der Waals surface area contributed by atoms with Crippen molar-refractivity contribution < 1.29 is 9.90 Å². The number of phenolic OH excluding ortho intramolecular Hbond substituents is 1. The maximum absolute atomic E-state index is 11.9.